The first-order valence-corrected chi connectivity index (χ1v) is 2.86. The molecule has 8 heteroatoms. The first kappa shape index (κ1) is 11.8. The molecule has 0 bridgehead atoms. The summed E-state index contributed by atoms with van der Waals surface area (Å²) >= 11 is 4.22. The molecule has 0 spiro atoms. The van der Waals surface area contributed by atoms with Crippen molar-refractivity contribution in [3.05, 3.63) is 0 Å². The molecular formula is H3ClFMgO4P. The summed E-state index contributed by atoms with van der Waals surface area (Å²) in [5.41, 5.74) is 0. The van der Waals surface area contributed by atoms with Gasteiger partial charge >= 0.3 is 30.9 Å². The van der Waals surface area contributed by atoms with E-state index in [0.29, 0.717) is 0 Å². The lowest BCUT2D eigenvalue weighted by Gasteiger charge is -1.93. The van der Waals surface area contributed by atoms with Gasteiger partial charge in [0.25, 0.3) is 0 Å². The van der Waals surface area contributed by atoms with Crippen LogP contribution in [0.15, 0.2) is 0 Å². The highest BCUT2D eigenvalue weighted by Crippen LogP contribution is 2.44. The van der Waals surface area contributed by atoms with E-state index in [2.05, 4.69) is 20.7 Å². The summed E-state index contributed by atoms with van der Waals surface area (Å²) in [6, 6.07) is 0. The lowest BCUT2D eigenvalue weighted by atomic mass is 15.6. The summed E-state index contributed by atoms with van der Waals surface area (Å²) in [7, 11) is -4.56. The van der Waals surface area contributed by atoms with Gasteiger partial charge in [0.05, 0.1) is 11.9 Å². The van der Waals surface area contributed by atoms with Gasteiger partial charge < -0.3 is 0 Å². The predicted molar refractivity (Wildman–Crippen MR) is 27.5 cm³/mol. The van der Waals surface area contributed by atoms with E-state index in [-0.39, 0.29) is 23.1 Å². The van der Waals surface area contributed by atoms with Gasteiger partial charge in [0.2, 0.25) is 0 Å². The van der Waals surface area contributed by atoms with E-state index in [1.807, 2.05) is 0 Å². The topological polar surface area (TPSA) is 55.8 Å². The highest BCUT2D eigenvalue weighted by molar-refractivity contribution is 7.48. The standard InChI is InChI=1S/ClFHO4P.Mg.2H/c1-5-7(3,4)6-2;;;/h(H,3,4);;;. The lowest BCUT2D eigenvalue weighted by Crippen LogP contribution is -1.74. The molecule has 8 heavy (non-hydrogen) atoms. The Kier molecular flexibility index (Phi) is 7.29. The van der Waals surface area contributed by atoms with Crippen molar-refractivity contribution in [3.8, 4) is 0 Å². The van der Waals surface area contributed by atoms with Crippen LogP contribution >= 0.6 is 19.7 Å². The maximum absolute atomic E-state index is 10.5. The van der Waals surface area contributed by atoms with Gasteiger partial charge in [-0.1, -0.05) is 4.73 Å². The zero-order valence-electron chi connectivity index (χ0n) is 2.88. The van der Waals surface area contributed by atoms with E-state index in [9.17, 15) is 9.09 Å². The van der Waals surface area contributed by atoms with E-state index in [0.717, 1.165) is 0 Å². The summed E-state index contributed by atoms with van der Waals surface area (Å²) in [6.07, 6.45) is 0. The van der Waals surface area contributed by atoms with E-state index < -0.39 is 7.82 Å². The number of halogens is 2. The van der Waals surface area contributed by atoms with Gasteiger partial charge in [-0.05, 0) is 4.53 Å². The largest absolute Gasteiger partial charge is 0.519 e. The molecule has 0 amide bonds. The molecule has 0 saturated heterocycles. The van der Waals surface area contributed by atoms with Gasteiger partial charge in [-0.3, -0.25) is 4.89 Å². The zero-order chi connectivity index (χ0) is 5.91. The van der Waals surface area contributed by atoms with Crippen LogP contribution in [0.25, 0.3) is 0 Å². The summed E-state index contributed by atoms with van der Waals surface area (Å²) in [5.74, 6) is 0. The van der Waals surface area contributed by atoms with Crippen molar-refractivity contribution in [3.63, 3.8) is 0 Å². The molecule has 1 N–H and O–H groups in total. The Bertz CT molecular complexity index is 88.0. The molecule has 1 unspecified atom stereocenters. The summed E-state index contributed by atoms with van der Waals surface area (Å²) < 4.78 is 25.5. The molecule has 0 aromatic rings. The van der Waals surface area contributed by atoms with E-state index in [4.69, 9.17) is 4.89 Å². The van der Waals surface area contributed by atoms with Crippen molar-refractivity contribution in [2.75, 3.05) is 0 Å². The first-order valence-electron chi connectivity index (χ1n) is 1.06. The zero-order valence-corrected chi connectivity index (χ0v) is 4.53. The molecule has 0 aliphatic heterocycles. The molecule has 0 aliphatic rings. The molecule has 0 heterocycles. The molecule has 48 valence electrons. The monoisotopic (exact) mass is 176 g/mol. The van der Waals surface area contributed by atoms with Crippen molar-refractivity contribution in [1.82, 2.24) is 0 Å². The molecule has 0 saturated carbocycles. The second-order valence-corrected chi connectivity index (χ2v) is 2.23. The van der Waals surface area contributed by atoms with Gasteiger partial charge in [-0.15, -0.1) is 0 Å². The number of phosphoric acid groups is 1. The molecule has 0 fully saturated rings. The van der Waals surface area contributed by atoms with Crippen LogP contribution in [0.4, 0.5) is 4.53 Å². The third-order valence-corrected chi connectivity index (χ3v) is 1.05. The Morgan fingerprint density at radius 1 is 1.75 bits per heavy atom. The van der Waals surface area contributed by atoms with Crippen molar-refractivity contribution in [2.24, 2.45) is 0 Å². The van der Waals surface area contributed by atoms with E-state index >= 15 is 0 Å². The van der Waals surface area contributed by atoms with Gasteiger partial charge in [-0.25, -0.2) is 4.57 Å². The third-order valence-electron chi connectivity index (χ3n) is 0.174. The summed E-state index contributed by atoms with van der Waals surface area (Å²) in [5, 5.41) is 0. The average molecular weight is 177 g/mol. The highest BCUT2D eigenvalue weighted by atomic mass is 35.5. The number of rotatable bonds is 2. The maximum atomic E-state index is 10.5. The minimum absolute atomic E-state index is 0. The highest BCUT2D eigenvalue weighted by Gasteiger charge is 2.20. The lowest BCUT2D eigenvalue weighted by molar-refractivity contribution is -0.0355. The Balaban J connectivity index is 0. The van der Waals surface area contributed by atoms with Crippen LogP contribution in [0.1, 0.15) is 0 Å². The third kappa shape index (κ3) is 5.24. The van der Waals surface area contributed by atoms with Gasteiger partial charge in [0.15, 0.2) is 0 Å². The van der Waals surface area contributed by atoms with Crippen LogP contribution in [0.2, 0.25) is 0 Å². The van der Waals surface area contributed by atoms with Crippen LogP contribution in [-0.4, -0.2) is 27.9 Å². The van der Waals surface area contributed by atoms with Crippen molar-refractivity contribution >= 4 is 42.7 Å². The second-order valence-electron chi connectivity index (χ2n) is 0.607. The predicted octanol–water partition coefficient (Wildman–Crippen LogP) is 0.242. The Morgan fingerprint density at radius 2 is 2.12 bits per heavy atom. The van der Waals surface area contributed by atoms with Crippen LogP contribution in [0.5, 0.6) is 0 Å². The van der Waals surface area contributed by atoms with Crippen LogP contribution in [0.3, 0.4) is 0 Å². The Labute approximate surface area is 65.8 Å². The summed E-state index contributed by atoms with van der Waals surface area (Å²) in [4.78, 5) is 7.74. The molecule has 0 aliphatic carbocycles. The first-order chi connectivity index (χ1) is 3.12. The Hall–Kier alpha value is 1.10. The molecule has 4 nitrogen and oxygen atoms in total. The normalized spacial score (nSPS) is 16.4. The molecule has 0 radical (unpaired) electrons. The molecule has 0 rings (SSSR count). The SMILES string of the molecule is O=P(O)(OF)OCl.[MgH2]. The van der Waals surface area contributed by atoms with Crippen LogP contribution in [-0.2, 0) is 13.4 Å². The van der Waals surface area contributed by atoms with Crippen molar-refractivity contribution in [2.45, 2.75) is 0 Å². The fourth-order valence-electron chi connectivity index (χ4n) is 0.0106. The summed E-state index contributed by atoms with van der Waals surface area (Å²) in [6.45, 7) is 0. The van der Waals surface area contributed by atoms with Gasteiger partial charge in [-0.2, -0.15) is 4.08 Å². The average Bonchev–Trinajstić information content (AvgIpc) is 1.68. The minimum Gasteiger partial charge on any atom is -0.300 e. The van der Waals surface area contributed by atoms with Crippen molar-refractivity contribution < 1.29 is 22.8 Å². The molecular weight excluding hydrogens is 174 g/mol. The molecule has 1 atom stereocenters. The fraction of sp³-hybridized carbons (Fsp3) is 0. The minimum atomic E-state index is -4.56. The smallest absolute Gasteiger partial charge is 0.300 e. The molecule has 0 aromatic heterocycles. The van der Waals surface area contributed by atoms with Crippen LogP contribution < -0.4 is 0 Å². The van der Waals surface area contributed by atoms with Crippen LogP contribution in [0, 0.1) is 0 Å². The number of hydrogen-bond donors (Lipinski definition) is 1. The van der Waals surface area contributed by atoms with Crippen molar-refractivity contribution in [1.29, 1.82) is 0 Å². The fourth-order valence-corrected chi connectivity index (χ4v) is 0.0958. The Morgan fingerprint density at radius 3 is 2.12 bits per heavy atom. The number of hydrogen-bond acceptors (Lipinski definition) is 3. The second kappa shape index (κ2) is 4.93. The van der Waals surface area contributed by atoms with E-state index in [1.165, 1.54) is 0 Å². The maximum Gasteiger partial charge on any atom is 0.519 e. The van der Waals surface area contributed by atoms with Gasteiger partial charge in [0, 0.05) is 0 Å². The van der Waals surface area contributed by atoms with Gasteiger partial charge in [0.1, 0.15) is 0 Å². The molecule has 0 aromatic carbocycles. The van der Waals surface area contributed by atoms with E-state index in [1.54, 1.807) is 0 Å². The quantitative estimate of drug-likeness (QED) is 0.484.